The molecule has 2 amide bonds. The van der Waals surface area contributed by atoms with Gasteiger partial charge in [-0.25, -0.2) is 4.68 Å². The first-order chi connectivity index (χ1) is 19.5. The number of anilines is 1. The smallest absolute Gasteiger partial charge is 0.249 e. The average molecular weight is 544 g/mol. The quantitative estimate of drug-likeness (QED) is 0.299. The fraction of sp³-hybridized carbons (Fsp3) is 0.310. The highest BCUT2D eigenvalue weighted by molar-refractivity contribution is 6.02. The SMILES string of the molecule is O=C(NC1CCCCC1)C(c1ccc(O)c(O)c1)N(C(=O)Cn1nnc2ccccc21)c1ccc2c(c1)OCO2. The zero-order valence-electron chi connectivity index (χ0n) is 21.7. The summed E-state index contributed by atoms with van der Waals surface area (Å²) in [6.07, 6.45) is 4.85. The topological polar surface area (TPSA) is 139 Å². The number of rotatable bonds is 7. The molecule has 2 aliphatic rings. The Morgan fingerprint density at radius 2 is 1.77 bits per heavy atom. The number of para-hydroxylation sites is 1. The van der Waals surface area contributed by atoms with Crippen LogP contribution in [-0.2, 0) is 16.1 Å². The van der Waals surface area contributed by atoms with E-state index in [1.165, 1.54) is 27.8 Å². The molecule has 0 spiro atoms. The molecular weight excluding hydrogens is 514 g/mol. The largest absolute Gasteiger partial charge is 0.504 e. The molecule has 11 heteroatoms. The van der Waals surface area contributed by atoms with Crippen LogP contribution in [0, 0.1) is 0 Å². The lowest BCUT2D eigenvalue weighted by Crippen LogP contribution is -2.48. The first-order valence-corrected chi connectivity index (χ1v) is 13.3. The lowest BCUT2D eigenvalue weighted by atomic mass is 9.94. The van der Waals surface area contributed by atoms with Crippen LogP contribution in [0.4, 0.5) is 5.69 Å². The summed E-state index contributed by atoms with van der Waals surface area (Å²) >= 11 is 0. The highest BCUT2D eigenvalue weighted by Crippen LogP contribution is 2.39. The van der Waals surface area contributed by atoms with E-state index in [2.05, 4.69) is 15.6 Å². The van der Waals surface area contributed by atoms with E-state index in [-0.39, 0.29) is 25.1 Å². The van der Waals surface area contributed by atoms with E-state index in [1.807, 2.05) is 18.2 Å². The number of amides is 2. The molecule has 0 radical (unpaired) electrons. The number of carbonyl (C=O) groups is 2. The Bertz CT molecular complexity index is 1560. The van der Waals surface area contributed by atoms with Crippen LogP contribution in [0.15, 0.2) is 60.7 Å². The van der Waals surface area contributed by atoms with Gasteiger partial charge in [0.25, 0.3) is 0 Å². The Labute approximate surface area is 229 Å². The molecule has 2 heterocycles. The van der Waals surface area contributed by atoms with Gasteiger partial charge >= 0.3 is 0 Å². The predicted octanol–water partition coefficient (Wildman–Crippen LogP) is 3.79. The molecule has 6 rings (SSSR count). The van der Waals surface area contributed by atoms with E-state index in [0.29, 0.717) is 33.8 Å². The van der Waals surface area contributed by atoms with Crippen LogP contribution in [-0.4, -0.2) is 49.9 Å². The standard InChI is InChI=1S/C29H29N5O6/c35-23-12-10-18(14-24(23)36)28(29(38)30-19-6-2-1-3-7-19)34(20-11-13-25-26(15-20)40-17-39-25)27(37)16-33-22-9-5-4-8-21(22)31-32-33/h4-5,8-15,19,28,35-36H,1-3,6-7,16-17H2,(H,30,38). The van der Waals surface area contributed by atoms with E-state index < -0.39 is 23.6 Å². The van der Waals surface area contributed by atoms with Gasteiger partial charge in [0.15, 0.2) is 23.0 Å². The second-order valence-electron chi connectivity index (χ2n) is 10.0. The molecule has 1 aromatic heterocycles. The number of hydrogen-bond donors (Lipinski definition) is 3. The van der Waals surface area contributed by atoms with Crippen molar-refractivity contribution in [1.82, 2.24) is 20.3 Å². The number of nitrogens with zero attached hydrogens (tertiary/aromatic N) is 4. The Kier molecular flexibility index (Phi) is 6.85. The molecule has 0 saturated heterocycles. The summed E-state index contributed by atoms with van der Waals surface area (Å²) in [5.74, 6) is -0.582. The van der Waals surface area contributed by atoms with Crippen molar-refractivity contribution in [3.05, 3.63) is 66.2 Å². The first kappa shape index (κ1) is 25.5. The molecule has 4 aromatic rings. The van der Waals surface area contributed by atoms with Crippen LogP contribution in [0.25, 0.3) is 11.0 Å². The van der Waals surface area contributed by atoms with Crippen molar-refractivity contribution in [2.45, 2.75) is 50.7 Å². The monoisotopic (exact) mass is 543 g/mol. The van der Waals surface area contributed by atoms with Gasteiger partial charge in [0.05, 0.1) is 5.52 Å². The van der Waals surface area contributed by atoms with Gasteiger partial charge in [0.1, 0.15) is 18.1 Å². The summed E-state index contributed by atoms with van der Waals surface area (Å²) < 4.78 is 12.5. The molecule has 206 valence electrons. The number of aromatic nitrogens is 3. The summed E-state index contributed by atoms with van der Waals surface area (Å²) in [5, 5.41) is 31.8. The molecule has 1 aliphatic carbocycles. The molecule has 3 N–H and O–H groups in total. The minimum absolute atomic E-state index is 0.0255. The van der Waals surface area contributed by atoms with Crippen molar-refractivity contribution in [2.75, 3.05) is 11.7 Å². The van der Waals surface area contributed by atoms with Crippen molar-refractivity contribution in [2.24, 2.45) is 0 Å². The molecule has 1 aliphatic heterocycles. The third-order valence-corrected chi connectivity index (χ3v) is 7.38. The van der Waals surface area contributed by atoms with Gasteiger partial charge in [-0.3, -0.25) is 14.5 Å². The van der Waals surface area contributed by atoms with E-state index in [9.17, 15) is 19.8 Å². The van der Waals surface area contributed by atoms with Crippen molar-refractivity contribution >= 4 is 28.5 Å². The second-order valence-corrected chi connectivity index (χ2v) is 10.0. The zero-order valence-corrected chi connectivity index (χ0v) is 21.7. The number of hydrogen-bond acceptors (Lipinski definition) is 8. The molecule has 1 unspecified atom stereocenters. The maximum absolute atomic E-state index is 14.2. The minimum Gasteiger partial charge on any atom is -0.504 e. The van der Waals surface area contributed by atoms with E-state index in [0.717, 1.165) is 32.1 Å². The van der Waals surface area contributed by atoms with Gasteiger partial charge in [-0.1, -0.05) is 42.7 Å². The lowest BCUT2D eigenvalue weighted by Gasteiger charge is -2.33. The van der Waals surface area contributed by atoms with E-state index >= 15 is 0 Å². The number of carbonyl (C=O) groups excluding carboxylic acids is 2. The molecule has 1 fully saturated rings. The molecule has 1 saturated carbocycles. The fourth-order valence-electron chi connectivity index (χ4n) is 5.37. The Hall–Kier alpha value is -4.80. The highest BCUT2D eigenvalue weighted by atomic mass is 16.7. The Morgan fingerprint density at radius 3 is 2.60 bits per heavy atom. The van der Waals surface area contributed by atoms with Gasteiger partial charge in [-0.2, -0.15) is 0 Å². The van der Waals surface area contributed by atoms with Crippen LogP contribution in [0.5, 0.6) is 23.0 Å². The number of fused-ring (bicyclic) bond motifs is 2. The van der Waals surface area contributed by atoms with Crippen molar-refractivity contribution < 1.29 is 29.3 Å². The fourth-order valence-corrected chi connectivity index (χ4v) is 5.37. The van der Waals surface area contributed by atoms with Gasteiger partial charge in [0.2, 0.25) is 18.6 Å². The molecule has 3 aromatic carbocycles. The van der Waals surface area contributed by atoms with Crippen molar-refractivity contribution in [1.29, 1.82) is 0 Å². The number of phenols is 2. The average Bonchev–Trinajstić information content (AvgIpc) is 3.60. The Balaban J connectivity index is 1.44. The third kappa shape index (κ3) is 4.97. The van der Waals surface area contributed by atoms with Crippen LogP contribution in [0.1, 0.15) is 43.7 Å². The van der Waals surface area contributed by atoms with Gasteiger partial charge in [-0.05, 0) is 54.8 Å². The number of benzene rings is 3. The van der Waals surface area contributed by atoms with Gasteiger partial charge in [0, 0.05) is 17.8 Å². The van der Waals surface area contributed by atoms with Crippen LogP contribution >= 0.6 is 0 Å². The molecule has 40 heavy (non-hydrogen) atoms. The number of ether oxygens (including phenoxy) is 2. The predicted molar refractivity (Wildman–Crippen MR) is 145 cm³/mol. The van der Waals surface area contributed by atoms with Crippen LogP contribution < -0.4 is 19.7 Å². The third-order valence-electron chi connectivity index (χ3n) is 7.38. The summed E-state index contributed by atoms with van der Waals surface area (Å²) in [6, 6.07) is 15.3. The van der Waals surface area contributed by atoms with Gasteiger partial charge in [-0.15, -0.1) is 5.10 Å². The lowest BCUT2D eigenvalue weighted by molar-refractivity contribution is -0.127. The summed E-state index contributed by atoms with van der Waals surface area (Å²) in [7, 11) is 0. The minimum atomic E-state index is -1.17. The maximum atomic E-state index is 14.2. The molecular formula is C29H29N5O6. The maximum Gasteiger partial charge on any atom is 0.249 e. The Morgan fingerprint density at radius 1 is 0.975 bits per heavy atom. The van der Waals surface area contributed by atoms with Crippen LogP contribution in [0.2, 0.25) is 0 Å². The number of nitrogens with one attached hydrogen (secondary N) is 1. The van der Waals surface area contributed by atoms with E-state index in [4.69, 9.17) is 9.47 Å². The second kappa shape index (κ2) is 10.8. The normalized spacial score (nSPS) is 15.6. The number of phenolic OH excluding ortho intramolecular Hbond substituents is 2. The summed E-state index contributed by atoms with van der Waals surface area (Å²) in [6.45, 7) is -0.151. The number of aromatic hydroxyl groups is 2. The summed E-state index contributed by atoms with van der Waals surface area (Å²) in [5.41, 5.74) is 2.04. The highest BCUT2D eigenvalue weighted by Gasteiger charge is 2.35. The summed E-state index contributed by atoms with van der Waals surface area (Å²) in [4.78, 5) is 29.6. The molecule has 11 nitrogen and oxygen atoms in total. The van der Waals surface area contributed by atoms with E-state index in [1.54, 1.807) is 24.3 Å². The van der Waals surface area contributed by atoms with Crippen molar-refractivity contribution in [3.8, 4) is 23.0 Å². The van der Waals surface area contributed by atoms with Crippen LogP contribution in [0.3, 0.4) is 0 Å². The zero-order chi connectivity index (χ0) is 27.6. The van der Waals surface area contributed by atoms with Gasteiger partial charge < -0.3 is 25.0 Å². The molecule has 0 bridgehead atoms. The van der Waals surface area contributed by atoms with Crippen molar-refractivity contribution in [3.63, 3.8) is 0 Å². The molecule has 1 atom stereocenters. The first-order valence-electron chi connectivity index (χ1n) is 13.3.